The molecule has 1 rings (SSSR count). The molecule has 3 nitrogen and oxygen atoms in total. The van der Waals surface area contributed by atoms with Crippen molar-refractivity contribution in [2.24, 2.45) is 0 Å². The molecule has 0 aliphatic carbocycles. The SMILES string of the molecule is CCCC(=O)O[C@H](C)c1ccccn1. The number of hydrogen-bond donors (Lipinski definition) is 0. The van der Waals surface area contributed by atoms with Gasteiger partial charge in [0.2, 0.25) is 0 Å². The summed E-state index contributed by atoms with van der Waals surface area (Å²) in [4.78, 5) is 15.3. The summed E-state index contributed by atoms with van der Waals surface area (Å²) in [6.45, 7) is 3.78. The topological polar surface area (TPSA) is 39.2 Å². The van der Waals surface area contributed by atoms with Crippen molar-refractivity contribution in [3.8, 4) is 0 Å². The van der Waals surface area contributed by atoms with Crippen LogP contribution in [0.2, 0.25) is 0 Å². The lowest BCUT2D eigenvalue weighted by molar-refractivity contribution is -0.148. The lowest BCUT2D eigenvalue weighted by Crippen LogP contribution is -2.09. The zero-order valence-corrected chi connectivity index (χ0v) is 8.56. The fourth-order valence-electron chi connectivity index (χ4n) is 1.14. The first-order chi connectivity index (χ1) is 6.74. The van der Waals surface area contributed by atoms with Gasteiger partial charge >= 0.3 is 5.97 Å². The Balaban J connectivity index is 2.50. The van der Waals surface area contributed by atoms with Gasteiger partial charge in [-0.05, 0) is 25.5 Å². The van der Waals surface area contributed by atoms with Crippen LogP contribution in [0.5, 0.6) is 0 Å². The maximum absolute atomic E-state index is 11.2. The van der Waals surface area contributed by atoms with Gasteiger partial charge in [0.05, 0.1) is 5.69 Å². The van der Waals surface area contributed by atoms with E-state index in [1.165, 1.54) is 0 Å². The molecule has 1 heterocycles. The number of hydrogen-bond acceptors (Lipinski definition) is 3. The molecule has 0 unspecified atom stereocenters. The van der Waals surface area contributed by atoms with Crippen LogP contribution in [0.15, 0.2) is 24.4 Å². The molecule has 0 fully saturated rings. The highest BCUT2D eigenvalue weighted by Crippen LogP contribution is 2.14. The molecule has 0 amide bonds. The predicted molar refractivity (Wildman–Crippen MR) is 53.7 cm³/mol. The first-order valence-corrected chi connectivity index (χ1v) is 4.84. The van der Waals surface area contributed by atoms with Gasteiger partial charge in [0.15, 0.2) is 0 Å². The van der Waals surface area contributed by atoms with Gasteiger partial charge in [-0.15, -0.1) is 0 Å². The first-order valence-electron chi connectivity index (χ1n) is 4.84. The molecular formula is C11H15NO2. The Morgan fingerprint density at radius 3 is 2.93 bits per heavy atom. The second-order valence-electron chi connectivity index (χ2n) is 3.14. The number of nitrogens with zero attached hydrogens (tertiary/aromatic N) is 1. The maximum Gasteiger partial charge on any atom is 0.306 e. The van der Waals surface area contributed by atoms with Crippen molar-refractivity contribution in [3.05, 3.63) is 30.1 Å². The molecule has 0 aliphatic rings. The number of carbonyl (C=O) groups is 1. The van der Waals surface area contributed by atoms with Crippen LogP contribution in [0.3, 0.4) is 0 Å². The monoisotopic (exact) mass is 193 g/mol. The van der Waals surface area contributed by atoms with E-state index in [0.29, 0.717) is 6.42 Å². The molecule has 3 heteroatoms. The smallest absolute Gasteiger partial charge is 0.306 e. The van der Waals surface area contributed by atoms with E-state index in [2.05, 4.69) is 4.98 Å². The van der Waals surface area contributed by atoms with Gasteiger partial charge < -0.3 is 4.74 Å². The van der Waals surface area contributed by atoms with E-state index >= 15 is 0 Å². The lowest BCUT2D eigenvalue weighted by atomic mass is 10.2. The Morgan fingerprint density at radius 2 is 2.36 bits per heavy atom. The van der Waals surface area contributed by atoms with Crippen molar-refractivity contribution in [2.75, 3.05) is 0 Å². The van der Waals surface area contributed by atoms with E-state index in [4.69, 9.17) is 4.74 Å². The number of pyridine rings is 1. The van der Waals surface area contributed by atoms with Gasteiger partial charge in [0.25, 0.3) is 0 Å². The molecule has 0 saturated carbocycles. The van der Waals surface area contributed by atoms with Gasteiger partial charge in [0.1, 0.15) is 6.10 Å². The maximum atomic E-state index is 11.2. The predicted octanol–water partition coefficient (Wildman–Crippen LogP) is 2.49. The molecule has 1 aromatic heterocycles. The summed E-state index contributed by atoms with van der Waals surface area (Å²) in [5, 5.41) is 0. The van der Waals surface area contributed by atoms with Gasteiger partial charge in [-0.2, -0.15) is 0 Å². The number of ether oxygens (including phenoxy) is 1. The Bertz CT molecular complexity index is 285. The second-order valence-corrected chi connectivity index (χ2v) is 3.14. The van der Waals surface area contributed by atoms with E-state index in [0.717, 1.165) is 12.1 Å². The lowest BCUT2D eigenvalue weighted by Gasteiger charge is -2.11. The van der Waals surface area contributed by atoms with Gasteiger partial charge in [0, 0.05) is 12.6 Å². The van der Waals surface area contributed by atoms with Gasteiger partial charge in [-0.3, -0.25) is 9.78 Å². The molecule has 0 spiro atoms. The number of esters is 1. The van der Waals surface area contributed by atoms with Crippen molar-refractivity contribution in [3.63, 3.8) is 0 Å². The summed E-state index contributed by atoms with van der Waals surface area (Å²) in [6, 6.07) is 5.57. The van der Waals surface area contributed by atoms with Crippen LogP contribution >= 0.6 is 0 Å². The van der Waals surface area contributed by atoms with Gasteiger partial charge in [-0.1, -0.05) is 13.0 Å². The molecule has 0 N–H and O–H groups in total. The van der Waals surface area contributed by atoms with E-state index in [-0.39, 0.29) is 12.1 Å². The third-order valence-corrected chi connectivity index (χ3v) is 1.87. The minimum absolute atomic E-state index is 0.161. The molecule has 0 radical (unpaired) electrons. The molecule has 0 aliphatic heterocycles. The Kier molecular flexibility index (Phi) is 4.11. The third kappa shape index (κ3) is 3.17. The number of carbonyl (C=O) groups excluding carboxylic acids is 1. The quantitative estimate of drug-likeness (QED) is 0.689. The summed E-state index contributed by atoms with van der Waals surface area (Å²) >= 11 is 0. The zero-order chi connectivity index (χ0) is 10.4. The average molecular weight is 193 g/mol. The number of aromatic nitrogens is 1. The minimum atomic E-state index is -0.254. The molecule has 0 bridgehead atoms. The number of rotatable bonds is 4. The van der Waals surface area contributed by atoms with Crippen molar-refractivity contribution in [1.29, 1.82) is 0 Å². The highest BCUT2D eigenvalue weighted by Gasteiger charge is 2.10. The molecular weight excluding hydrogens is 178 g/mol. The van der Waals surface area contributed by atoms with Crippen LogP contribution in [-0.4, -0.2) is 11.0 Å². The molecule has 14 heavy (non-hydrogen) atoms. The fraction of sp³-hybridized carbons (Fsp3) is 0.455. The van der Waals surface area contributed by atoms with Crippen molar-refractivity contribution in [1.82, 2.24) is 4.98 Å². The van der Waals surface area contributed by atoms with Crippen molar-refractivity contribution >= 4 is 5.97 Å². The highest BCUT2D eigenvalue weighted by atomic mass is 16.5. The summed E-state index contributed by atoms with van der Waals surface area (Å²) < 4.78 is 5.18. The van der Waals surface area contributed by atoms with Crippen molar-refractivity contribution < 1.29 is 9.53 Å². The Labute approximate surface area is 84.1 Å². The first kappa shape index (κ1) is 10.7. The van der Waals surface area contributed by atoms with Crippen molar-refractivity contribution in [2.45, 2.75) is 32.8 Å². The van der Waals surface area contributed by atoms with E-state index in [1.54, 1.807) is 6.20 Å². The van der Waals surface area contributed by atoms with E-state index < -0.39 is 0 Å². The standard InChI is InChI=1S/C11H15NO2/c1-3-6-11(13)14-9(2)10-7-4-5-8-12-10/h4-5,7-9H,3,6H2,1-2H3/t9-/m1/s1. The summed E-state index contributed by atoms with van der Waals surface area (Å²) in [6.07, 6.45) is 2.72. The molecule has 0 saturated heterocycles. The third-order valence-electron chi connectivity index (χ3n) is 1.87. The Morgan fingerprint density at radius 1 is 1.57 bits per heavy atom. The van der Waals surface area contributed by atoms with Crippen LogP contribution in [-0.2, 0) is 9.53 Å². The molecule has 1 aromatic rings. The van der Waals surface area contributed by atoms with E-state index in [9.17, 15) is 4.79 Å². The minimum Gasteiger partial charge on any atom is -0.456 e. The second kappa shape index (κ2) is 5.37. The normalized spacial score (nSPS) is 12.1. The highest BCUT2D eigenvalue weighted by molar-refractivity contribution is 5.69. The summed E-state index contributed by atoms with van der Waals surface area (Å²) in [7, 11) is 0. The molecule has 0 aromatic carbocycles. The summed E-state index contributed by atoms with van der Waals surface area (Å²) in [5.74, 6) is -0.161. The molecule has 1 atom stereocenters. The largest absolute Gasteiger partial charge is 0.456 e. The van der Waals surface area contributed by atoms with Gasteiger partial charge in [-0.25, -0.2) is 0 Å². The van der Waals surface area contributed by atoms with Crippen LogP contribution < -0.4 is 0 Å². The molecule has 76 valence electrons. The summed E-state index contributed by atoms with van der Waals surface area (Å²) in [5.41, 5.74) is 0.789. The van der Waals surface area contributed by atoms with Crippen LogP contribution in [0.25, 0.3) is 0 Å². The fourth-order valence-corrected chi connectivity index (χ4v) is 1.14. The van der Waals surface area contributed by atoms with Crippen LogP contribution in [0, 0.1) is 0 Å². The Hall–Kier alpha value is -1.38. The average Bonchev–Trinajstić information content (AvgIpc) is 2.19. The van der Waals surface area contributed by atoms with Crippen LogP contribution in [0.4, 0.5) is 0 Å². The van der Waals surface area contributed by atoms with Crippen LogP contribution in [0.1, 0.15) is 38.5 Å². The zero-order valence-electron chi connectivity index (χ0n) is 8.56. The van der Waals surface area contributed by atoms with E-state index in [1.807, 2.05) is 32.0 Å².